The number of hydrogen-bond acceptors (Lipinski definition) is 1. The predicted octanol–water partition coefficient (Wildman–Crippen LogP) is 5.37. The topological polar surface area (TPSA) is 20.2 Å². The van der Waals surface area contributed by atoms with Crippen molar-refractivity contribution >= 4 is 27.5 Å². The lowest BCUT2D eigenvalue weighted by atomic mass is 9.71. The maximum Gasteiger partial charge on any atom is 0.149 e. The fourth-order valence-electron chi connectivity index (χ4n) is 3.14. The quantitative estimate of drug-likeness (QED) is 0.670. The standard InChI is InChI=1S/C17H15BrClFO/c1-10-8-9-17(21,12-5-3-2-4-11(10)12)13-6-7-14(18)15(19)16(13)20/h2-7,10,21H,8-9H2,1H3. The zero-order valence-electron chi connectivity index (χ0n) is 11.5. The van der Waals surface area contributed by atoms with Gasteiger partial charge in [0.25, 0.3) is 0 Å². The first kappa shape index (κ1) is 15.0. The molecule has 4 heteroatoms. The molecular weight excluding hydrogens is 355 g/mol. The van der Waals surface area contributed by atoms with E-state index in [1.54, 1.807) is 12.1 Å². The van der Waals surface area contributed by atoms with E-state index in [0.717, 1.165) is 17.5 Å². The fourth-order valence-corrected chi connectivity index (χ4v) is 3.62. The van der Waals surface area contributed by atoms with Crippen molar-refractivity contribution in [3.63, 3.8) is 0 Å². The first-order valence-electron chi connectivity index (χ1n) is 6.91. The van der Waals surface area contributed by atoms with Gasteiger partial charge in [0.05, 0.1) is 5.02 Å². The molecule has 0 aromatic heterocycles. The van der Waals surface area contributed by atoms with Gasteiger partial charge in [-0.1, -0.05) is 48.9 Å². The molecule has 0 saturated heterocycles. The van der Waals surface area contributed by atoms with Gasteiger partial charge in [0.2, 0.25) is 0 Å². The molecule has 1 nitrogen and oxygen atoms in total. The fraction of sp³-hybridized carbons (Fsp3) is 0.294. The third kappa shape index (κ3) is 2.32. The molecule has 0 aliphatic heterocycles. The van der Waals surface area contributed by atoms with E-state index < -0.39 is 11.4 Å². The normalized spacial score (nSPS) is 24.7. The number of aliphatic hydroxyl groups is 1. The Morgan fingerprint density at radius 2 is 1.95 bits per heavy atom. The van der Waals surface area contributed by atoms with Crippen LogP contribution >= 0.6 is 27.5 Å². The monoisotopic (exact) mass is 368 g/mol. The molecule has 2 atom stereocenters. The molecule has 2 unspecified atom stereocenters. The van der Waals surface area contributed by atoms with E-state index in [1.807, 2.05) is 24.3 Å². The highest BCUT2D eigenvalue weighted by atomic mass is 79.9. The van der Waals surface area contributed by atoms with Crippen LogP contribution in [0.4, 0.5) is 4.39 Å². The van der Waals surface area contributed by atoms with Crippen molar-refractivity contribution in [3.8, 4) is 0 Å². The van der Waals surface area contributed by atoms with Crippen LogP contribution in [0.2, 0.25) is 5.02 Å². The summed E-state index contributed by atoms with van der Waals surface area (Å²) < 4.78 is 15.1. The first-order valence-corrected chi connectivity index (χ1v) is 8.08. The van der Waals surface area contributed by atoms with E-state index >= 15 is 0 Å². The van der Waals surface area contributed by atoms with Crippen molar-refractivity contribution < 1.29 is 9.50 Å². The summed E-state index contributed by atoms with van der Waals surface area (Å²) in [5.74, 6) is -0.201. The lowest BCUT2D eigenvalue weighted by Crippen LogP contribution is -2.34. The lowest BCUT2D eigenvalue weighted by Gasteiger charge is -2.38. The summed E-state index contributed by atoms with van der Waals surface area (Å²) in [7, 11) is 0. The van der Waals surface area contributed by atoms with Gasteiger partial charge in [-0.15, -0.1) is 0 Å². The molecule has 3 rings (SSSR count). The summed E-state index contributed by atoms with van der Waals surface area (Å²) in [6.07, 6.45) is 1.29. The molecule has 0 radical (unpaired) electrons. The predicted molar refractivity (Wildman–Crippen MR) is 86.2 cm³/mol. The molecule has 1 aliphatic carbocycles. The van der Waals surface area contributed by atoms with Crippen LogP contribution in [-0.2, 0) is 5.60 Å². The summed E-state index contributed by atoms with van der Waals surface area (Å²) in [6.45, 7) is 2.13. The third-order valence-corrected chi connectivity index (χ3v) is 5.62. The van der Waals surface area contributed by atoms with Crippen LogP contribution in [0, 0.1) is 5.82 Å². The van der Waals surface area contributed by atoms with Crippen LogP contribution in [0.1, 0.15) is 42.4 Å². The molecule has 1 aliphatic rings. The first-order chi connectivity index (χ1) is 9.95. The number of benzene rings is 2. The third-order valence-electron chi connectivity index (χ3n) is 4.36. The van der Waals surface area contributed by atoms with Crippen LogP contribution < -0.4 is 0 Å². The van der Waals surface area contributed by atoms with E-state index in [9.17, 15) is 9.50 Å². The molecule has 0 saturated carbocycles. The molecule has 21 heavy (non-hydrogen) atoms. The van der Waals surface area contributed by atoms with Crippen LogP contribution in [0.15, 0.2) is 40.9 Å². The number of rotatable bonds is 1. The Labute approximate surface area is 136 Å². The zero-order chi connectivity index (χ0) is 15.2. The zero-order valence-corrected chi connectivity index (χ0v) is 13.9. The lowest BCUT2D eigenvalue weighted by molar-refractivity contribution is 0.0543. The minimum absolute atomic E-state index is 0.0111. The molecule has 2 aromatic rings. The average Bonchev–Trinajstić information content (AvgIpc) is 2.49. The van der Waals surface area contributed by atoms with Crippen molar-refractivity contribution in [2.45, 2.75) is 31.3 Å². The van der Waals surface area contributed by atoms with Crippen molar-refractivity contribution in [1.82, 2.24) is 0 Å². The summed E-state index contributed by atoms with van der Waals surface area (Å²) in [5.41, 5.74) is 0.776. The van der Waals surface area contributed by atoms with Gasteiger partial charge >= 0.3 is 0 Å². The van der Waals surface area contributed by atoms with Crippen LogP contribution in [0.3, 0.4) is 0 Å². The summed E-state index contributed by atoms with van der Waals surface area (Å²) >= 11 is 9.20. The second-order valence-electron chi connectivity index (χ2n) is 5.61. The molecule has 2 aromatic carbocycles. The van der Waals surface area contributed by atoms with Gasteiger partial charge < -0.3 is 5.11 Å². The molecular formula is C17H15BrClFO. The van der Waals surface area contributed by atoms with Crippen molar-refractivity contribution in [1.29, 1.82) is 0 Å². The maximum absolute atomic E-state index is 14.6. The van der Waals surface area contributed by atoms with Gasteiger partial charge in [0.1, 0.15) is 11.4 Å². The smallest absolute Gasteiger partial charge is 0.149 e. The Balaban J connectivity index is 2.23. The number of hydrogen-bond donors (Lipinski definition) is 1. The molecule has 0 bridgehead atoms. The molecule has 110 valence electrons. The summed E-state index contributed by atoms with van der Waals surface area (Å²) in [6, 6.07) is 11.0. The number of halogens is 3. The van der Waals surface area contributed by atoms with E-state index in [0.29, 0.717) is 16.8 Å². The maximum atomic E-state index is 14.6. The molecule has 0 heterocycles. The van der Waals surface area contributed by atoms with Crippen LogP contribution in [-0.4, -0.2) is 5.11 Å². The highest BCUT2D eigenvalue weighted by Gasteiger charge is 2.40. The molecule has 0 fully saturated rings. The summed E-state index contributed by atoms with van der Waals surface area (Å²) in [4.78, 5) is 0. The Hall–Kier alpha value is -0.900. The van der Waals surface area contributed by atoms with Crippen LogP contribution in [0.5, 0.6) is 0 Å². The van der Waals surface area contributed by atoms with Crippen molar-refractivity contribution in [2.75, 3.05) is 0 Å². The highest BCUT2D eigenvalue weighted by Crippen LogP contribution is 2.46. The second-order valence-corrected chi connectivity index (χ2v) is 6.84. The second kappa shape index (κ2) is 5.38. The minimum atomic E-state index is -1.32. The minimum Gasteiger partial charge on any atom is -0.380 e. The van der Waals surface area contributed by atoms with Gasteiger partial charge in [0, 0.05) is 10.0 Å². The SMILES string of the molecule is CC1CCC(O)(c2ccc(Br)c(Cl)c2F)c2ccccc21. The van der Waals surface area contributed by atoms with Gasteiger partial charge in [-0.3, -0.25) is 0 Å². The van der Waals surface area contributed by atoms with Crippen LogP contribution in [0.25, 0.3) is 0 Å². The Bertz CT molecular complexity index is 703. The number of fused-ring (bicyclic) bond motifs is 1. The van der Waals surface area contributed by atoms with E-state index in [-0.39, 0.29) is 10.6 Å². The van der Waals surface area contributed by atoms with Gasteiger partial charge in [-0.05, 0) is 51.9 Å². The van der Waals surface area contributed by atoms with Gasteiger partial charge in [-0.2, -0.15) is 0 Å². The van der Waals surface area contributed by atoms with Gasteiger partial charge in [-0.25, -0.2) is 4.39 Å². The molecule has 0 spiro atoms. The van der Waals surface area contributed by atoms with E-state index in [1.165, 1.54) is 0 Å². The van der Waals surface area contributed by atoms with E-state index in [4.69, 9.17) is 11.6 Å². The largest absolute Gasteiger partial charge is 0.380 e. The average molecular weight is 370 g/mol. The molecule has 1 N–H and O–H groups in total. The van der Waals surface area contributed by atoms with Gasteiger partial charge in [0.15, 0.2) is 0 Å². The Morgan fingerprint density at radius 1 is 1.24 bits per heavy atom. The molecule has 0 amide bonds. The highest BCUT2D eigenvalue weighted by molar-refractivity contribution is 9.10. The Kier molecular flexibility index (Phi) is 3.85. The van der Waals surface area contributed by atoms with Crippen molar-refractivity contribution in [2.24, 2.45) is 0 Å². The van der Waals surface area contributed by atoms with E-state index in [2.05, 4.69) is 22.9 Å². The Morgan fingerprint density at radius 3 is 2.71 bits per heavy atom. The summed E-state index contributed by atoms with van der Waals surface area (Å²) in [5, 5.41) is 11.2. The van der Waals surface area contributed by atoms with Crippen molar-refractivity contribution in [3.05, 3.63) is 68.4 Å².